The van der Waals surface area contributed by atoms with Gasteiger partial charge in [0, 0.05) is 17.6 Å². The van der Waals surface area contributed by atoms with Gasteiger partial charge in [0.2, 0.25) is 0 Å². The van der Waals surface area contributed by atoms with Crippen LogP contribution in [0.1, 0.15) is 56.2 Å². The fourth-order valence-electron chi connectivity index (χ4n) is 2.98. The molecule has 0 atom stereocenters. The molecule has 0 bridgehead atoms. The number of hydrogen-bond acceptors (Lipinski definition) is 6. The second kappa shape index (κ2) is 10.0. The highest BCUT2D eigenvalue weighted by Crippen LogP contribution is 2.30. The van der Waals surface area contributed by atoms with Gasteiger partial charge in [-0.15, -0.1) is 0 Å². The molecule has 160 valence electrons. The Bertz CT molecular complexity index is 915. The van der Waals surface area contributed by atoms with E-state index in [1.165, 1.54) is 5.56 Å². The lowest BCUT2D eigenvalue weighted by molar-refractivity contribution is 0.301. The highest BCUT2D eigenvalue weighted by atomic mass is 32.2. The van der Waals surface area contributed by atoms with Gasteiger partial charge in [-0.2, -0.15) is 0 Å². The number of anilines is 1. The Balaban J connectivity index is 1.67. The number of pyridine rings is 1. The average molecular weight is 426 g/mol. The summed E-state index contributed by atoms with van der Waals surface area (Å²) in [6.45, 7) is 14.0. The highest BCUT2D eigenvalue weighted by molar-refractivity contribution is 8.00. The first-order valence-corrected chi connectivity index (χ1v) is 11.2. The van der Waals surface area contributed by atoms with Crippen molar-refractivity contribution in [2.75, 3.05) is 10.8 Å². The fourth-order valence-corrected chi connectivity index (χ4v) is 4.07. The molecule has 1 aromatic carbocycles. The topological polar surface area (TPSA) is 51.4 Å². The molecule has 0 saturated heterocycles. The molecule has 0 N–H and O–H groups in total. The number of benzene rings is 1. The summed E-state index contributed by atoms with van der Waals surface area (Å²) in [5, 5.41) is 3.97. The Labute approximate surface area is 184 Å². The van der Waals surface area contributed by atoms with E-state index in [0.29, 0.717) is 18.4 Å². The largest absolute Gasteiger partial charge is 0.489 e. The van der Waals surface area contributed by atoms with Crippen molar-refractivity contribution >= 4 is 17.8 Å². The van der Waals surface area contributed by atoms with Crippen molar-refractivity contribution in [1.29, 1.82) is 0 Å². The Hall–Kier alpha value is -2.47. The van der Waals surface area contributed by atoms with E-state index >= 15 is 0 Å². The van der Waals surface area contributed by atoms with E-state index in [1.807, 2.05) is 32.2 Å². The predicted octanol–water partition coefficient (Wildman–Crippen LogP) is 6.56. The molecule has 6 heteroatoms. The lowest BCUT2D eigenvalue weighted by Gasteiger charge is -2.24. The summed E-state index contributed by atoms with van der Waals surface area (Å²) >= 11 is 1.70. The summed E-state index contributed by atoms with van der Waals surface area (Å²) in [5.74, 6) is 3.63. The van der Waals surface area contributed by atoms with E-state index in [0.717, 1.165) is 40.0 Å². The molecular formula is C24H31N3O2S. The third-order valence-electron chi connectivity index (χ3n) is 4.83. The van der Waals surface area contributed by atoms with Gasteiger partial charge in [-0.1, -0.05) is 38.9 Å². The second-order valence-electron chi connectivity index (χ2n) is 8.21. The van der Waals surface area contributed by atoms with E-state index in [2.05, 4.69) is 61.4 Å². The van der Waals surface area contributed by atoms with Crippen LogP contribution in [0.5, 0.6) is 5.75 Å². The molecule has 0 unspecified atom stereocenters. The van der Waals surface area contributed by atoms with Crippen LogP contribution in [0.2, 0.25) is 0 Å². The number of aryl methyl sites for hydroxylation is 2. The Kier molecular flexibility index (Phi) is 7.43. The van der Waals surface area contributed by atoms with Crippen LogP contribution in [0.4, 0.5) is 5.82 Å². The van der Waals surface area contributed by atoms with Crippen molar-refractivity contribution in [3.63, 3.8) is 0 Å². The van der Waals surface area contributed by atoms with Gasteiger partial charge in [0.15, 0.2) is 0 Å². The Morgan fingerprint density at radius 1 is 1.03 bits per heavy atom. The van der Waals surface area contributed by atoms with Crippen molar-refractivity contribution < 1.29 is 9.26 Å². The maximum Gasteiger partial charge on any atom is 0.140 e. The van der Waals surface area contributed by atoms with Crippen molar-refractivity contribution in [3.8, 4) is 5.75 Å². The zero-order valence-electron chi connectivity index (χ0n) is 18.7. The molecular weight excluding hydrogens is 394 g/mol. The molecule has 0 aliphatic heterocycles. The van der Waals surface area contributed by atoms with E-state index in [-0.39, 0.29) is 0 Å². The minimum absolute atomic E-state index is 0.458. The zero-order chi connectivity index (χ0) is 21.7. The molecule has 3 rings (SSSR count). The van der Waals surface area contributed by atoms with Crippen molar-refractivity contribution in [2.24, 2.45) is 5.92 Å². The molecule has 0 aliphatic rings. The molecule has 0 fully saturated rings. The van der Waals surface area contributed by atoms with Crippen LogP contribution in [0, 0.1) is 19.8 Å². The number of hydrogen-bond donors (Lipinski definition) is 0. The average Bonchev–Trinajstić information content (AvgIpc) is 3.04. The van der Waals surface area contributed by atoms with Gasteiger partial charge in [0.1, 0.15) is 23.9 Å². The monoisotopic (exact) mass is 425 g/mol. The van der Waals surface area contributed by atoms with Crippen molar-refractivity contribution in [2.45, 2.75) is 59.0 Å². The number of ether oxygens (including phenoxy) is 1. The molecule has 2 aromatic heterocycles. The number of nitrogens with zero attached hydrogens (tertiary/aromatic N) is 3. The first-order valence-electron chi connectivity index (χ1n) is 10.4. The first-order chi connectivity index (χ1) is 14.3. The summed E-state index contributed by atoms with van der Waals surface area (Å²) in [4.78, 5) is 5.86. The third-order valence-corrected chi connectivity index (χ3v) is 5.87. The SMILES string of the molecule is Cc1noc(C)c1COc1ccc(SN(CC(C)C)c2ccc(C(C)C)cn2)cc1. The summed E-state index contributed by atoms with van der Waals surface area (Å²) in [5.41, 5.74) is 3.14. The molecule has 5 nitrogen and oxygen atoms in total. The lowest BCUT2D eigenvalue weighted by Crippen LogP contribution is -2.21. The molecule has 0 spiro atoms. The van der Waals surface area contributed by atoms with E-state index in [4.69, 9.17) is 14.2 Å². The molecule has 3 aromatic rings. The van der Waals surface area contributed by atoms with Crippen molar-refractivity contribution in [3.05, 3.63) is 65.2 Å². The molecule has 0 saturated carbocycles. The summed E-state index contributed by atoms with van der Waals surface area (Å²) in [7, 11) is 0. The van der Waals surface area contributed by atoms with Gasteiger partial charge in [-0.3, -0.25) is 4.31 Å². The van der Waals surface area contributed by atoms with E-state index < -0.39 is 0 Å². The smallest absolute Gasteiger partial charge is 0.140 e. The number of rotatable bonds is 9. The Morgan fingerprint density at radius 3 is 2.30 bits per heavy atom. The normalized spacial score (nSPS) is 11.3. The van der Waals surface area contributed by atoms with Gasteiger partial charge in [-0.25, -0.2) is 4.98 Å². The zero-order valence-corrected chi connectivity index (χ0v) is 19.5. The third kappa shape index (κ3) is 5.79. The fraction of sp³-hybridized carbons (Fsp3) is 0.417. The maximum absolute atomic E-state index is 5.92. The van der Waals surface area contributed by atoms with E-state index in [1.54, 1.807) is 11.9 Å². The lowest BCUT2D eigenvalue weighted by atomic mass is 10.1. The minimum Gasteiger partial charge on any atom is -0.489 e. The summed E-state index contributed by atoms with van der Waals surface area (Å²) < 4.78 is 13.4. The number of aromatic nitrogens is 2. The van der Waals surface area contributed by atoms with Crippen molar-refractivity contribution in [1.82, 2.24) is 10.1 Å². The van der Waals surface area contributed by atoms with Gasteiger partial charge in [0.05, 0.1) is 11.3 Å². The Morgan fingerprint density at radius 2 is 1.77 bits per heavy atom. The molecule has 0 amide bonds. The van der Waals surface area contributed by atoms with Crippen LogP contribution in [-0.2, 0) is 6.61 Å². The van der Waals surface area contributed by atoms with Gasteiger partial charge >= 0.3 is 0 Å². The predicted molar refractivity (Wildman–Crippen MR) is 123 cm³/mol. The molecule has 30 heavy (non-hydrogen) atoms. The first kappa shape index (κ1) is 22.2. The van der Waals surface area contributed by atoms with Crippen LogP contribution in [-0.4, -0.2) is 16.7 Å². The summed E-state index contributed by atoms with van der Waals surface area (Å²) in [6, 6.07) is 12.5. The minimum atomic E-state index is 0.458. The summed E-state index contributed by atoms with van der Waals surface area (Å²) in [6.07, 6.45) is 1.99. The molecule has 0 aliphatic carbocycles. The van der Waals surface area contributed by atoms with Crippen LogP contribution in [0.15, 0.2) is 52.0 Å². The quantitative estimate of drug-likeness (QED) is 0.362. The highest BCUT2D eigenvalue weighted by Gasteiger charge is 2.14. The van der Waals surface area contributed by atoms with Crippen LogP contribution in [0.3, 0.4) is 0 Å². The van der Waals surface area contributed by atoms with Crippen LogP contribution >= 0.6 is 11.9 Å². The van der Waals surface area contributed by atoms with Gasteiger partial charge in [0.25, 0.3) is 0 Å². The van der Waals surface area contributed by atoms with Crippen LogP contribution in [0.25, 0.3) is 0 Å². The maximum atomic E-state index is 5.92. The standard InChI is InChI=1S/C24H31N3O2S/c1-16(2)14-27(24-12-7-20(13-25-24)17(3)4)30-22-10-8-21(9-11-22)28-15-23-18(5)26-29-19(23)6/h7-13,16-17H,14-15H2,1-6H3. The molecule has 2 heterocycles. The van der Waals surface area contributed by atoms with Gasteiger partial charge in [-0.05, 0) is 73.5 Å². The van der Waals surface area contributed by atoms with Crippen LogP contribution < -0.4 is 9.04 Å². The van der Waals surface area contributed by atoms with Gasteiger partial charge < -0.3 is 9.26 Å². The second-order valence-corrected chi connectivity index (χ2v) is 9.31. The van der Waals surface area contributed by atoms with E-state index in [9.17, 15) is 0 Å². The molecule has 0 radical (unpaired) electrons.